The number of nitrogens with one attached hydrogen (secondary N) is 2. The van der Waals surface area contributed by atoms with E-state index in [1.54, 1.807) is 6.33 Å². The van der Waals surface area contributed by atoms with E-state index in [2.05, 4.69) is 25.7 Å². The molecule has 2 N–H and O–H groups in total. The molecule has 0 unspecified atom stereocenters. The van der Waals surface area contributed by atoms with Crippen molar-refractivity contribution < 1.29 is 4.79 Å². The van der Waals surface area contributed by atoms with Gasteiger partial charge in [-0.1, -0.05) is 24.6 Å². The van der Waals surface area contributed by atoms with Crippen LogP contribution < -0.4 is 10.6 Å². The smallest absolute Gasteiger partial charge is 0.315 e. The van der Waals surface area contributed by atoms with Gasteiger partial charge in [0, 0.05) is 18.8 Å². The number of hydrogen-bond donors (Lipinski definition) is 2. The van der Waals surface area contributed by atoms with Crippen LogP contribution in [0.1, 0.15) is 25.1 Å². The van der Waals surface area contributed by atoms with E-state index in [-0.39, 0.29) is 6.03 Å². The van der Waals surface area contributed by atoms with Gasteiger partial charge < -0.3 is 15.5 Å². The van der Waals surface area contributed by atoms with Crippen LogP contribution in [0.4, 0.5) is 4.79 Å². The normalized spacial score (nSPS) is 15.2. The number of hydrogen-bond acceptors (Lipinski definition) is 4. The van der Waals surface area contributed by atoms with E-state index >= 15 is 0 Å². The zero-order valence-corrected chi connectivity index (χ0v) is 13.8. The minimum atomic E-state index is -0.172. The third-order valence-corrected chi connectivity index (χ3v) is 4.22. The lowest BCUT2D eigenvalue weighted by atomic mass is 10.1. The lowest BCUT2D eigenvalue weighted by Gasteiger charge is -2.26. The van der Waals surface area contributed by atoms with E-state index in [0.717, 1.165) is 25.3 Å². The fourth-order valence-electron chi connectivity index (χ4n) is 2.92. The van der Waals surface area contributed by atoms with Gasteiger partial charge in [-0.3, -0.25) is 4.57 Å². The Labute approximate surface area is 142 Å². The molecule has 0 radical (unpaired) electrons. The molecule has 1 fully saturated rings. The van der Waals surface area contributed by atoms with Crippen molar-refractivity contribution in [3.05, 3.63) is 42.5 Å². The Bertz CT molecular complexity index is 636. The maximum absolute atomic E-state index is 11.9. The highest BCUT2D eigenvalue weighted by Gasteiger charge is 2.11. The molecule has 0 atom stereocenters. The number of benzene rings is 1. The largest absolute Gasteiger partial charge is 0.337 e. The fraction of sp³-hybridized carbons (Fsp3) is 0.471. The Hall–Kier alpha value is -2.41. The SMILES string of the molecule is O=C(NCCN1CCCCC1)NCc1nncn1-c1ccccc1. The fourth-order valence-corrected chi connectivity index (χ4v) is 2.92. The summed E-state index contributed by atoms with van der Waals surface area (Å²) in [5.41, 5.74) is 0.977. The number of carbonyl (C=O) groups excluding carboxylic acids is 1. The molecule has 7 nitrogen and oxygen atoms in total. The van der Waals surface area contributed by atoms with Crippen LogP contribution in [-0.4, -0.2) is 51.9 Å². The van der Waals surface area contributed by atoms with Gasteiger partial charge in [-0.15, -0.1) is 10.2 Å². The number of likely N-dealkylation sites (tertiary alicyclic amines) is 1. The van der Waals surface area contributed by atoms with Crippen LogP contribution in [0.2, 0.25) is 0 Å². The summed E-state index contributed by atoms with van der Waals surface area (Å²) in [6, 6.07) is 9.66. The van der Waals surface area contributed by atoms with Gasteiger partial charge >= 0.3 is 6.03 Å². The summed E-state index contributed by atoms with van der Waals surface area (Å²) in [5.74, 6) is 0.701. The standard InChI is InChI=1S/C17H24N6O/c24-17(18-9-12-22-10-5-2-6-11-22)19-13-16-21-20-14-23(16)15-7-3-1-4-8-15/h1,3-4,7-8,14H,2,5-6,9-13H2,(H2,18,19,24). The predicted molar refractivity (Wildman–Crippen MR) is 91.9 cm³/mol. The number of rotatable bonds is 6. The van der Waals surface area contributed by atoms with Gasteiger partial charge in [-0.05, 0) is 38.1 Å². The second-order valence-corrected chi connectivity index (χ2v) is 5.96. The molecule has 128 valence electrons. The highest BCUT2D eigenvalue weighted by atomic mass is 16.2. The van der Waals surface area contributed by atoms with Gasteiger partial charge in [0.25, 0.3) is 0 Å². The first-order chi connectivity index (χ1) is 11.8. The van der Waals surface area contributed by atoms with Crippen molar-refractivity contribution in [2.24, 2.45) is 0 Å². The monoisotopic (exact) mass is 328 g/mol. The van der Waals surface area contributed by atoms with Crippen LogP contribution in [0, 0.1) is 0 Å². The number of piperidine rings is 1. The highest BCUT2D eigenvalue weighted by Crippen LogP contribution is 2.09. The predicted octanol–water partition coefficient (Wildman–Crippen LogP) is 1.55. The number of para-hydroxylation sites is 1. The van der Waals surface area contributed by atoms with Gasteiger partial charge in [-0.2, -0.15) is 0 Å². The summed E-state index contributed by atoms with van der Waals surface area (Å²) in [7, 11) is 0. The van der Waals surface area contributed by atoms with Crippen molar-refractivity contribution in [1.29, 1.82) is 0 Å². The van der Waals surface area contributed by atoms with Crippen molar-refractivity contribution in [1.82, 2.24) is 30.3 Å². The quantitative estimate of drug-likeness (QED) is 0.844. The minimum absolute atomic E-state index is 0.172. The van der Waals surface area contributed by atoms with Gasteiger partial charge in [0.1, 0.15) is 6.33 Å². The van der Waals surface area contributed by atoms with E-state index in [9.17, 15) is 4.79 Å². The van der Waals surface area contributed by atoms with Gasteiger partial charge in [0.2, 0.25) is 0 Å². The van der Waals surface area contributed by atoms with Crippen LogP contribution in [0.3, 0.4) is 0 Å². The molecule has 1 saturated heterocycles. The molecule has 1 aromatic heterocycles. The average Bonchev–Trinajstić information content (AvgIpc) is 3.10. The number of carbonyl (C=O) groups is 1. The first-order valence-electron chi connectivity index (χ1n) is 8.51. The van der Waals surface area contributed by atoms with Gasteiger partial charge in [-0.25, -0.2) is 4.79 Å². The molecule has 2 aromatic rings. The van der Waals surface area contributed by atoms with E-state index < -0.39 is 0 Å². The van der Waals surface area contributed by atoms with Crippen LogP contribution >= 0.6 is 0 Å². The summed E-state index contributed by atoms with van der Waals surface area (Å²) in [4.78, 5) is 14.3. The molecule has 24 heavy (non-hydrogen) atoms. The van der Waals surface area contributed by atoms with Crippen LogP contribution in [-0.2, 0) is 6.54 Å². The first-order valence-corrected chi connectivity index (χ1v) is 8.51. The third-order valence-electron chi connectivity index (χ3n) is 4.22. The molecule has 0 bridgehead atoms. The summed E-state index contributed by atoms with van der Waals surface area (Å²) >= 11 is 0. The molecule has 1 aliphatic rings. The topological polar surface area (TPSA) is 75.1 Å². The molecule has 0 aliphatic carbocycles. The van der Waals surface area contributed by atoms with Crippen molar-refractivity contribution in [3.8, 4) is 5.69 Å². The number of urea groups is 1. The van der Waals surface area contributed by atoms with Crippen molar-refractivity contribution >= 4 is 6.03 Å². The van der Waals surface area contributed by atoms with Gasteiger partial charge in [0.15, 0.2) is 5.82 Å². The van der Waals surface area contributed by atoms with E-state index in [1.807, 2.05) is 34.9 Å². The average molecular weight is 328 g/mol. The van der Waals surface area contributed by atoms with Crippen molar-refractivity contribution in [2.45, 2.75) is 25.8 Å². The Morgan fingerprint density at radius 1 is 1.08 bits per heavy atom. The lowest BCUT2D eigenvalue weighted by molar-refractivity contribution is 0.220. The second kappa shape index (κ2) is 8.44. The molecular formula is C17H24N6O. The molecule has 3 rings (SSSR count). The molecule has 0 spiro atoms. The molecule has 2 heterocycles. The molecule has 1 aliphatic heterocycles. The summed E-state index contributed by atoms with van der Waals surface area (Å²) in [6.45, 7) is 4.20. The van der Waals surface area contributed by atoms with E-state index in [1.165, 1.54) is 19.3 Å². The van der Waals surface area contributed by atoms with Crippen LogP contribution in [0.5, 0.6) is 0 Å². The molecule has 1 aromatic carbocycles. The van der Waals surface area contributed by atoms with Crippen LogP contribution in [0.15, 0.2) is 36.7 Å². The maximum atomic E-state index is 11.9. The minimum Gasteiger partial charge on any atom is -0.337 e. The van der Waals surface area contributed by atoms with E-state index in [0.29, 0.717) is 18.9 Å². The van der Waals surface area contributed by atoms with Gasteiger partial charge in [0.05, 0.1) is 6.54 Å². The second-order valence-electron chi connectivity index (χ2n) is 5.96. The van der Waals surface area contributed by atoms with E-state index in [4.69, 9.17) is 0 Å². The van der Waals surface area contributed by atoms with Crippen molar-refractivity contribution in [2.75, 3.05) is 26.2 Å². The molecule has 7 heteroatoms. The zero-order valence-electron chi connectivity index (χ0n) is 13.8. The third kappa shape index (κ3) is 4.55. The Kier molecular flexibility index (Phi) is 5.79. The number of nitrogens with zero attached hydrogens (tertiary/aromatic N) is 4. The molecular weight excluding hydrogens is 304 g/mol. The highest BCUT2D eigenvalue weighted by molar-refractivity contribution is 5.73. The summed E-state index contributed by atoms with van der Waals surface area (Å²) < 4.78 is 1.87. The Morgan fingerprint density at radius 3 is 2.67 bits per heavy atom. The first kappa shape index (κ1) is 16.4. The summed E-state index contributed by atoms with van der Waals surface area (Å²) in [6.07, 6.45) is 5.51. The van der Waals surface area contributed by atoms with Crippen molar-refractivity contribution in [3.63, 3.8) is 0 Å². The van der Waals surface area contributed by atoms with Crippen LogP contribution in [0.25, 0.3) is 5.69 Å². The number of aromatic nitrogens is 3. The maximum Gasteiger partial charge on any atom is 0.315 e. The molecule has 0 saturated carbocycles. The Balaban J connectivity index is 1.43. The molecule has 2 amide bonds. The lowest BCUT2D eigenvalue weighted by Crippen LogP contribution is -2.41. The number of amides is 2. The Morgan fingerprint density at radius 2 is 1.88 bits per heavy atom. The zero-order chi connectivity index (χ0) is 16.6. The summed E-state index contributed by atoms with van der Waals surface area (Å²) in [5, 5.41) is 13.8.